The maximum atomic E-state index is 12.5. The molecule has 0 spiro atoms. The van der Waals surface area contributed by atoms with Gasteiger partial charge in [0.2, 0.25) is 0 Å². The molecule has 8 heteroatoms. The number of hydrogen-bond donors (Lipinski definition) is 1. The number of carbonyl (C=O) groups is 2. The van der Waals surface area contributed by atoms with Crippen molar-refractivity contribution >= 4 is 17.8 Å². The standard InChI is InChI=1S/C18H27N5O3/c1-18(2,3)26-17(25)23(13-4-5-13)11-12-6-7-22(10-12)15-9-20-14(8-21-15)16(19)24/h8-9,12-13H,4-7,10-11H2,1-3H3,(H2,19,24)/t12-/m0/s1. The molecule has 2 aliphatic rings. The van der Waals surface area contributed by atoms with Crippen molar-refractivity contribution in [2.45, 2.75) is 51.7 Å². The first-order chi connectivity index (χ1) is 12.2. The monoisotopic (exact) mass is 361 g/mol. The van der Waals surface area contributed by atoms with E-state index in [9.17, 15) is 9.59 Å². The molecule has 0 unspecified atom stereocenters. The van der Waals surface area contributed by atoms with Crippen molar-refractivity contribution in [3.63, 3.8) is 0 Å². The Labute approximate surface area is 153 Å². The molecule has 1 saturated heterocycles. The molecule has 26 heavy (non-hydrogen) atoms. The lowest BCUT2D eigenvalue weighted by Gasteiger charge is -2.29. The van der Waals surface area contributed by atoms with Crippen LogP contribution in [0, 0.1) is 5.92 Å². The van der Waals surface area contributed by atoms with Crippen LogP contribution in [0.1, 0.15) is 50.5 Å². The van der Waals surface area contributed by atoms with Crippen LogP contribution in [0.25, 0.3) is 0 Å². The van der Waals surface area contributed by atoms with Crippen LogP contribution < -0.4 is 10.6 Å². The van der Waals surface area contributed by atoms with Gasteiger partial charge >= 0.3 is 6.09 Å². The van der Waals surface area contributed by atoms with Crippen LogP contribution in [0.3, 0.4) is 0 Å². The Hall–Kier alpha value is -2.38. The van der Waals surface area contributed by atoms with Crippen LogP contribution in [0.2, 0.25) is 0 Å². The molecule has 3 rings (SSSR count). The van der Waals surface area contributed by atoms with Crippen LogP contribution in [0.15, 0.2) is 12.4 Å². The summed E-state index contributed by atoms with van der Waals surface area (Å²) < 4.78 is 5.57. The number of ether oxygens (including phenoxy) is 1. The van der Waals surface area contributed by atoms with E-state index >= 15 is 0 Å². The molecule has 1 aliphatic carbocycles. The summed E-state index contributed by atoms with van der Waals surface area (Å²) >= 11 is 0. The number of primary amides is 1. The predicted octanol–water partition coefficient (Wildman–Crippen LogP) is 1.80. The molecular weight excluding hydrogens is 334 g/mol. The van der Waals surface area contributed by atoms with E-state index in [-0.39, 0.29) is 11.8 Å². The Morgan fingerprint density at radius 1 is 1.27 bits per heavy atom. The Kier molecular flexibility index (Phi) is 5.02. The van der Waals surface area contributed by atoms with Gasteiger partial charge in [-0.15, -0.1) is 0 Å². The highest BCUT2D eigenvalue weighted by molar-refractivity contribution is 5.90. The van der Waals surface area contributed by atoms with Crippen molar-refractivity contribution in [2.75, 3.05) is 24.5 Å². The number of nitrogens with two attached hydrogens (primary N) is 1. The molecule has 1 saturated carbocycles. The summed E-state index contributed by atoms with van der Waals surface area (Å²) in [6, 6.07) is 0.313. The zero-order valence-corrected chi connectivity index (χ0v) is 15.6. The van der Waals surface area contributed by atoms with Gasteiger partial charge in [0, 0.05) is 25.7 Å². The molecular formula is C18H27N5O3. The molecule has 0 bridgehead atoms. The van der Waals surface area contributed by atoms with Crippen molar-refractivity contribution in [1.29, 1.82) is 0 Å². The molecule has 2 amide bonds. The molecule has 1 atom stereocenters. The zero-order chi connectivity index (χ0) is 18.9. The Bertz CT molecular complexity index is 666. The fourth-order valence-corrected chi connectivity index (χ4v) is 3.16. The lowest BCUT2D eigenvalue weighted by Crippen LogP contribution is -2.41. The first-order valence-electron chi connectivity index (χ1n) is 9.09. The van der Waals surface area contributed by atoms with Gasteiger partial charge in [0.05, 0.1) is 12.4 Å². The summed E-state index contributed by atoms with van der Waals surface area (Å²) in [5, 5.41) is 0. The van der Waals surface area contributed by atoms with Gasteiger partial charge in [-0.3, -0.25) is 4.79 Å². The maximum Gasteiger partial charge on any atom is 0.410 e. The van der Waals surface area contributed by atoms with Crippen LogP contribution in [-0.2, 0) is 4.74 Å². The molecule has 1 aromatic rings. The normalized spacial score (nSPS) is 20.1. The fourth-order valence-electron chi connectivity index (χ4n) is 3.16. The number of amides is 2. The average Bonchev–Trinajstić information content (AvgIpc) is 3.29. The van der Waals surface area contributed by atoms with Gasteiger partial charge in [0.25, 0.3) is 5.91 Å². The van der Waals surface area contributed by atoms with E-state index in [1.807, 2.05) is 25.7 Å². The average molecular weight is 361 g/mol. The van der Waals surface area contributed by atoms with Crippen molar-refractivity contribution in [3.05, 3.63) is 18.1 Å². The minimum Gasteiger partial charge on any atom is -0.444 e. The number of carbonyl (C=O) groups excluding carboxylic acids is 2. The third kappa shape index (κ3) is 4.62. The van der Waals surface area contributed by atoms with Gasteiger partial charge in [-0.25, -0.2) is 14.8 Å². The highest BCUT2D eigenvalue weighted by Gasteiger charge is 2.38. The minimum absolute atomic E-state index is 0.161. The summed E-state index contributed by atoms with van der Waals surface area (Å²) in [4.78, 5) is 36.0. The third-order valence-electron chi connectivity index (χ3n) is 4.57. The van der Waals surface area contributed by atoms with Crippen LogP contribution in [0.4, 0.5) is 10.6 Å². The third-order valence-corrected chi connectivity index (χ3v) is 4.57. The highest BCUT2D eigenvalue weighted by Crippen LogP contribution is 2.31. The largest absolute Gasteiger partial charge is 0.444 e. The smallest absolute Gasteiger partial charge is 0.410 e. The summed E-state index contributed by atoms with van der Waals surface area (Å²) in [6.45, 7) is 8.02. The van der Waals surface area contributed by atoms with E-state index in [1.54, 1.807) is 6.20 Å². The summed E-state index contributed by atoms with van der Waals surface area (Å²) in [7, 11) is 0. The summed E-state index contributed by atoms with van der Waals surface area (Å²) in [5.74, 6) is 0.509. The second kappa shape index (κ2) is 7.09. The number of anilines is 1. The number of rotatable bonds is 5. The number of nitrogens with zero attached hydrogens (tertiary/aromatic N) is 4. The van der Waals surface area contributed by atoms with Crippen molar-refractivity contribution < 1.29 is 14.3 Å². The Morgan fingerprint density at radius 2 is 2.00 bits per heavy atom. The van der Waals surface area contributed by atoms with Gasteiger partial charge in [-0.05, 0) is 46.0 Å². The van der Waals surface area contributed by atoms with Crippen molar-refractivity contribution in [3.8, 4) is 0 Å². The fraction of sp³-hybridized carbons (Fsp3) is 0.667. The molecule has 8 nitrogen and oxygen atoms in total. The van der Waals surface area contributed by atoms with E-state index in [2.05, 4.69) is 14.9 Å². The van der Waals surface area contributed by atoms with Gasteiger partial charge in [0.15, 0.2) is 0 Å². The Morgan fingerprint density at radius 3 is 2.54 bits per heavy atom. The first kappa shape index (κ1) is 18.4. The second-order valence-electron chi connectivity index (χ2n) is 8.09. The van der Waals surface area contributed by atoms with E-state index in [4.69, 9.17) is 10.5 Å². The lowest BCUT2D eigenvalue weighted by atomic mass is 10.1. The van der Waals surface area contributed by atoms with Crippen LogP contribution in [0.5, 0.6) is 0 Å². The molecule has 0 radical (unpaired) electrons. The summed E-state index contributed by atoms with van der Waals surface area (Å²) in [5.41, 5.74) is 4.88. The number of aromatic nitrogens is 2. The molecule has 142 valence electrons. The number of hydrogen-bond acceptors (Lipinski definition) is 6. The minimum atomic E-state index is -0.583. The van der Waals surface area contributed by atoms with Gasteiger partial charge < -0.3 is 20.3 Å². The molecule has 2 N–H and O–H groups in total. The van der Waals surface area contributed by atoms with E-state index in [1.165, 1.54) is 6.20 Å². The second-order valence-corrected chi connectivity index (χ2v) is 8.09. The summed E-state index contributed by atoms with van der Waals surface area (Å²) in [6.07, 6.45) is 5.84. The highest BCUT2D eigenvalue weighted by atomic mass is 16.6. The zero-order valence-electron chi connectivity index (χ0n) is 15.6. The predicted molar refractivity (Wildman–Crippen MR) is 96.8 cm³/mol. The quantitative estimate of drug-likeness (QED) is 0.858. The molecule has 0 aromatic carbocycles. The van der Waals surface area contributed by atoms with Crippen LogP contribution in [-0.4, -0.2) is 58.1 Å². The first-order valence-corrected chi connectivity index (χ1v) is 9.09. The van der Waals surface area contributed by atoms with Crippen LogP contribution >= 0.6 is 0 Å². The van der Waals surface area contributed by atoms with Crippen molar-refractivity contribution in [2.24, 2.45) is 11.7 Å². The molecule has 1 aliphatic heterocycles. The molecule has 2 fully saturated rings. The van der Waals surface area contributed by atoms with E-state index < -0.39 is 11.5 Å². The lowest BCUT2D eigenvalue weighted by molar-refractivity contribution is 0.0208. The van der Waals surface area contributed by atoms with Gasteiger partial charge in [0.1, 0.15) is 17.1 Å². The SMILES string of the molecule is CC(C)(C)OC(=O)N(C[C@H]1CCN(c2cnc(C(N)=O)cn2)C1)C1CC1. The van der Waals surface area contributed by atoms with Gasteiger partial charge in [-0.1, -0.05) is 0 Å². The Balaban J connectivity index is 1.59. The van der Waals surface area contributed by atoms with E-state index in [0.717, 1.165) is 38.2 Å². The molecule has 1 aromatic heterocycles. The van der Waals surface area contributed by atoms with Gasteiger partial charge in [-0.2, -0.15) is 0 Å². The van der Waals surface area contributed by atoms with E-state index in [0.29, 0.717) is 18.5 Å². The topological polar surface area (TPSA) is 102 Å². The van der Waals surface area contributed by atoms with Crippen molar-refractivity contribution in [1.82, 2.24) is 14.9 Å². The maximum absolute atomic E-state index is 12.5. The molecule has 2 heterocycles.